The monoisotopic (exact) mass is 434 g/mol. The maximum absolute atomic E-state index is 13.1. The lowest BCUT2D eigenvalue weighted by molar-refractivity contribution is -0.137. The number of nitrogens with zero attached hydrogens (tertiary/aromatic N) is 2. The highest BCUT2D eigenvalue weighted by atomic mass is 16.4. The summed E-state index contributed by atoms with van der Waals surface area (Å²) in [6.45, 7) is 4.55. The van der Waals surface area contributed by atoms with Gasteiger partial charge >= 0.3 is 5.97 Å². The molecule has 0 saturated carbocycles. The van der Waals surface area contributed by atoms with Crippen LogP contribution in [0.25, 0.3) is 0 Å². The smallest absolute Gasteiger partial charge is 0.303 e. The first kappa shape index (κ1) is 22.5. The zero-order valence-corrected chi connectivity index (χ0v) is 18.8. The number of carbonyl (C=O) groups is 2. The van der Waals surface area contributed by atoms with E-state index < -0.39 is 5.97 Å². The molecule has 1 spiro atoms. The molecular formula is C27H34N2O3. The maximum Gasteiger partial charge on any atom is 0.303 e. The van der Waals surface area contributed by atoms with Crippen LogP contribution in [0.5, 0.6) is 0 Å². The van der Waals surface area contributed by atoms with Crippen LogP contribution in [0.15, 0.2) is 54.6 Å². The minimum Gasteiger partial charge on any atom is -0.481 e. The van der Waals surface area contributed by atoms with Gasteiger partial charge in [0, 0.05) is 44.4 Å². The predicted molar refractivity (Wildman–Crippen MR) is 125 cm³/mol. The fourth-order valence-corrected chi connectivity index (χ4v) is 5.44. The Morgan fingerprint density at radius 3 is 2.47 bits per heavy atom. The Morgan fingerprint density at radius 2 is 1.69 bits per heavy atom. The van der Waals surface area contributed by atoms with Gasteiger partial charge in [-0.1, -0.05) is 54.6 Å². The van der Waals surface area contributed by atoms with Crippen molar-refractivity contribution in [3.05, 3.63) is 71.3 Å². The van der Waals surface area contributed by atoms with Gasteiger partial charge in [0.2, 0.25) is 5.91 Å². The Balaban J connectivity index is 1.49. The molecule has 1 atom stereocenters. The number of fused-ring (bicyclic) bond motifs is 1. The third kappa shape index (κ3) is 5.77. The van der Waals surface area contributed by atoms with Gasteiger partial charge in [-0.2, -0.15) is 0 Å². The van der Waals surface area contributed by atoms with Crippen LogP contribution >= 0.6 is 0 Å². The fourth-order valence-electron chi connectivity index (χ4n) is 5.44. The molecule has 1 fully saturated rings. The summed E-state index contributed by atoms with van der Waals surface area (Å²) in [5.74, 6) is -0.749. The summed E-state index contributed by atoms with van der Waals surface area (Å²) in [6.07, 6.45) is 5.09. The number of piperidine rings is 1. The van der Waals surface area contributed by atoms with Crippen LogP contribution in [0, 0.1) is 5.41 Å². The number of benzene rings is 2. The van der Waals surface area contributed by atoms with Crippen LogP contribution in [-0.4, -0.2) is 53.0 Å². The van der Waals surface area contributed by atoms with Gasteiger partial charge in [0.15, 0.2) is 0 Å². The molecule has 170 valence electrons. The number of carboxylic acids is 1. The standard InChI is InChI=1S/C27H34N2O3/c30-25(12-6-13-26(31)32)29-19-24-11-5-4-10-23(24)18-27(21-29)15-7-16-28(20-27)17-14-22-8-2-1-3-9-22/h1-5,8-11H,6-7,12-21H2,(H,31,32). The highest BCUT2D eigenvalue weighted by Gasteiger charge is 2.40. The fraction of sp³-hybridized carbons (Fsp3) is 0.481. The topological polar surface area (TPSA) is 60.9 Å². The van der Waals surface area contributed by atoms with Crippen LogP contribution in [-0.2, 0) is 29.0 Å². The second kappa shape index (κ2) is 10.3. The van der Waals surface area contributed by atoms with Crippen LogP contribution in [0.2, 0.25) is 0 Å². The molecule has 2 aliphatic heterocycles. The lowest BCUT2D eigenvalue weighted by Gasteiger charge is -2.44. The molecule has 2 aliphatic rings. The number of hydrogen-bond donors (Lipinski definition) is 1. The third-order valence-corrected chi connectivity index (χ3v) is 7.01. The Bertz CT molecular complexity index is 930. The Morgan fingerprint density at radius 1 is 0.938 bits per heavy atom. The van der Waals surface area contributed by atoms with E-state index in [1.807, 2.05) is 4.90 Å². The largest absolute Gasteiger partial charge is 0.481 e. The highest BCUT2D eigenvalue weighted by molar-refractivity contribution is 5.77. The Labute approximate surface area is 191 Å². The molecule has 4 rings (SSSR count). The molecule has 0 bridgehead atoms. The van der Waals surface area contributed by atoms with Gasteiger partial charge in [-0.25, -0.2) is 0 Å². The molecule has 1 amide bonds. The van der Waals surface area contributed by atoms with E-state index in [4.69, 9.17) is 5.11 Å². The first-order chi connectivity index (χ1) is 15.5. The van der Waals surface area contributed by atoms with Gasteiger partial charge < -0.3 is 14.9 Å². The van der Waals surface area contributed by atoms with Gasteiger partial charge in [0.05, 0.1) is 0 Å². The van der Waals surface area contributed by atoms with E-state index >= 15 is 0 Å². The zero-order valence-electron chi connectivity index (χ0n) is 18.8. The van der Waals surface area contributed by atoms with Crippen molar-refractivity contribution in [2.24, 2.45) is 5.41 Å². The Kier molecular flexibility index (Phi) is 7.26. The lowest BCUT2D eigenvalue weighted by Crippen LogP contribution is -2.50. The molecule has 0 aliphatic carbocycles. The van der Waals surface area contributed by atoms with Crippen molar-refractivity contribution >= 4 is 11.9 Å². The molecule has 1 saturated heterocycles. The summed E-state index contributed by atoms with van der Waals surface area (Å²) in [5.41, 5.74) is 4.02. The van der Waals surface area contributed by atoms with Crippen molar-refractivity contribution in [2.75, 3.05) is 26.2 Å². The van der Waals surface area contributed by atoms with Gasteiger partial charge in [-0.05, 0) is 55.3 Å². The van der Waals surface area contributed by atoms with Crippen molar-refractivity contribution in [1.29, 1.82) is 0 Å². The van der Waals surface area contributed by atoms with E-state index in [9.17, 15) is 9.59 Å². The summed E-state index contributed by atoms with van der Waals surface area (Å²) in [7, 11) is 0. The van der Waals surface area contributed by atoms with Crippen molar-refractivity contribution < 1.29 is 14.7 Å². The summed E-state index contributed by atoms with van der Waals surface area (Å²) in [6, 6.07) is 19.2. The molecule has 2 aromatic rings. The number of likely N-dealkylation sites (tertiary alicyclic amines) is 1. The van der Waals surface area contributed by atoms with Gasteiger partial charge in [-0.3, -0.25) is 9.59 Å². The summed E-state index contributed by atoms with van der Waals surface area (Å²) < 4.78 is 0. The van der Waals surface area contributed by atoms with Crippen LogP contribution < -0.4 is 0 Å². The third-order valence-electron chi connectivity index (χ3n) is 7.01. The molecule has 0 aromatic heterocycles. The minimum atomic E-state index is -0.836. The Hall–Kier alpha value is -2.66. The molecule has 0 radical (unpaired) electrons. The number of rotatable bonds is 7. The second-order valence-corrected chi connectivity index (χ2v) is 9.56. The van der Waals surface area contributed by atoms with Gasteiger partial charge in [0.1, 0.15) is 0 Å². The molecule has 5 heteroatoms. The average molecular weight is 435 g/mol. The predicted octanol–water partition coefficient (Wildman–Crippen LogP) is 4.15. The van der Waals surface area contributed by atoms with Crippen molar-refractivity contribution in [2.45, 2.75) is 51.5 Å². The minimum absolute atomic E-state index is 0.0502. The summed E-state index contributed by atoms with van der Waals surface area (Å²) in [4.78, 5) is 28.6. The molecule has 2 aromatic carbocycles. The average Bonchev–Trinajstić information content (AvgIpc) is 2.94. The first-order valence-electron chi connectivity index (χ1n) is 11.9. The van der Waals surface area contributed by atoms with E-state index in [2.05, 4.69) is 59.5 Å². The van der Waals surface area contributed by atoms with Crippen molar-refractivity contribution in [1.82, 2.24) is 9.80 Å². The van der Waals surface area contributed by atoms with Crippen molar-refractivity contribution in [3.8, 4) is 0 Å². The van der Waals surface area contributed by atoms with Crippen LogP contribution in [0.4, 0.5) is 0 Å². The van der Waals surface area contributed by atoms with E-state index in [1.165, 1.54) is 16.7 Å². The number of aliphatic carboxylic acids is 1. The molecule has 32 heavy (non-hydrogen) atoms. The number of hydrogen-bond acceptors (Lipinski definition) is 3. The maximum atomic E-state index is 13.1. The van der Waals surface area contributed by atoms with E-state index in [0.29, 0.717) is 19.4 Å². The molecule has 2 heterocycles. The SMILES string of the molecule is O=C(O)CCCC(=O)N1Cc2ccccc2CC2(CCCN(CCc3ccccc3)C2)C1. The molecule has 5 nitrogen and oxygen atoms in total. The van der Waals surface area contributed by atoms with Crippen molar-refractivity contribution in [3.63, 3.8) is 0 Å². The first-order valence-corrected chi connectivity index (χ1v) is 11.9. The normalized spacial score (nSPS) is 21.2. The number of carboxylic acid groups (broad SMARTS) is 1. The highest BCUT2D eigenvalue weighted by Crippen LogP contribution is 2.38. The van der Waals surface area contributed by atoms with E-state index in [-0.39, 0.29) is 17.7 Å². The van der Waals surface area contributed by atoms with Gasteiger partial charge in [-0.15, -0.1) is 0 Å². The van der Waals surface area contributed by atoms with Gasteiger partial charge in [0.25, 0.3) is 0 Å². The zero-order chi connectivity index (χ0) is 22.4. The molecular weight excluding hydrogens is 400 g/mol. The lowest BCUT2D eigenvalue weighted by atomic mass is 9.74. The number of carbonyl (C=O) groups excluding carboxylic acids is 1. The van der Waals surface area contributed by atoms with Crippen LogP contribution in [0.1, 0.15) is 48.8 Å². The quantitative estimate of drug-likeness (QED) is 0.711. The molecule has 1 N–H and O–H groups in total. The number of amides is 1. The van der Waals surface area contributed by atoms with E-state index in [1.54, 1.807) is 0 Å². The van der Waals surface area contributed by atoms with E-state index in [0.717, 1.165) is 51.9 Å². The second-order valence-electron chi connectivity index (χ2n) is 9.56. The van der Waals surface area contributed by atoms with Crippen LogP contribution in [0.3, 0.4) is 0 Å². The summed E-state index contributed by atoms with van der Waals surface area (Å²) >= 11 is 0. The molecule has 1 unspecified atom stereocenters. The summed E-state index contributed by atoms with van der Waals surface area (Å²) in [5, 5.41) is 8.94.